The number of aromatic amines is 1. The van der Waals surface area contributed by atoms with Crippen LogP contribution in [0.2, 0.25) is 0 Å². The fourth-order valence-electron chi connectivity index (χ4n) is 1.84. The Kier molecular flexibility index (Phi) is 4.55. The third kappa shape index (κ3) is 3.68. The van der Waals surface area contributed by atoms with E-state index in [4.69, 9.17) is 0 Å². The molecule has 0 aliphatic rings. The number of H-pyrrole nitrogens is 1. The molecule has 18 heavy (non-hydrogen) atoms. The van der Waals surface area contributed by atoms with Crippen LogP contribution in [0.5, 0.6) is 0 Å². The van der Waals surface area contributed by atoms with Crippen LogP contribution in [-0.4, -0.2) is 22.6 Å². The predicted molar refractivity (Wildman–Crippen MR) is 78.1 cm³/mol. The molecule has 2 aromatic heterocycles. The van der Waals surface area contributed by atoms with Gasteiger partial charge in [0, 0.05) is 17.3 Å². The number of nitrogens with one attached hydrogen (secondary N) is 2. The van der Waals surface area contributed by atoms with E-state index in [1.54, 1.807) is 11.3 Å². The van der Waals surface area contributed by atoms with Crippen molar-refractivity contribution in [3.63, 3.8) is 0 Å². The molecule has 0 saturated carbocycles. The number of aryl methyl sites for hydroxylation is 2. The van der Waals surface area contributed by atoms with Crippen molar-refractivity contribution in [2.75, 3.05) is 6.54 Å². The topological polar surface area (TPSA) is 40.7 Å². The minimum Gasteiger partial charge on any atom is -0.341 e. The smallest absolute Gasteiger partial charge is 0.106 e. The maximum absolute atomic E-state index is 4.44. The Morgan fingerprint density at radius 3 is 2.89 bits per heavy atom. The van der Waals surface area contributed by atoms with E-state index < -0.39 is 0 Å². The molecule has 2 aromatic rings. The molecule has 2 N–H and O–H groups in total. The standard InChI is InChI=1S/C14H21N3S/c1-10(2)15-8-4-5-14-16-9-12(17-14)13-7-6-11(3)18-13/h6-7,9-10,15H,4-5,8H2,1-3H3,(H,16,17). The molecule has 0 aliphatic heterocycles. The van der Waals surface area contributed by atoms with E-state index in [0.717, 1.165) is 30.9 Å². The van der Waals surface area contributed by atoms with Crippen molar-refractivity contribution in [2.45, 2.75) is 39.7 Å². The molecular formula is C14H21N3S. The van der Waals surface area contributed by atoms with Gasteiger partial charge in [-0.05, 0) is 32.0 Å². The van der Waals surface area contributed by atoms with Crippen LogP contribution in [0.3, 0.4) is 0 Å². The lowest BCUT2D eigenvalue weighted by atomic mass is 10.3. The van der Waals surface area contributed by atoms with Crippen molar-refractivity contribution < 1.29 is 0 Å². The van der Waals surface area contributed by atoms with Gasteiger partial charge in [-0.2, -0.15) is 0 Å². The molecule has 0 bridgehead atoms. The van der Waals surface area contributed by atoms with E-state index in [2.05, 4.69) is 48.2 Å². The summed E-state index contributed by atoms with van der Waals surface area (Å²) in [4.78, 5) is 10.4. The molecule has 0 aromatic carbocycles. The number of thiophene rings is 1. The summed E-state index contributed by atoms with van der Waals surface area (Å²) in [6, 6.07) is 4.86. The second kappa shape index (κ2) is 6.16. The van der Waals surface area contributed by atoms with Gasteiger partial charge in [-0.1, -0.05) is 13.8 Å². The lowest BCUT2D eigenvalue weighted by molar-refractivity contribution is 0.567. The van der Waals surface area contributed by atoms with Crippen LogP contribution in [-0.2, 0) is 6.42 Å². The highest BCUT2D eigenvalue weighted by atomic mass is 32.1. The van der Waals surface area contributed by atoms with Crippen molar-refractivity contribution in [3.8, 4) is 10.6 Å². The molecule has 0 radical (unpaired) electrons. The third-order valence-electron chi connectivity index (χ3n) is 2.78. The lowest BCUT2D eigenvalue weighted by Gasteiger charge is -2.06. The van der Waals surface area contributed by atoms with Gasteiger partial charge in [0.1, 0.15) is 5.82 Å². The fraction of sp³-hybridized carbons (Fsp3) is 0.500. The van der Waals surface area contributed by atoms with Crippen LogP contribution in [0.4, 0.5) is 0 Å². The molecule has 0 saturated heterocycles. The Hall–Kier alpha value is -1.13. The molecule has 2 rings (SSSR count). The molecule has 3 nitrogen and oxygen atoms in total. The van der Waals surface area contributed by atoms with E-state index >= 15 is 0 Å². The van der Waals surface area contributed by atoms with Gasteiger partial charge in [0.05, 0.1) is 16.8 Å². The highest BCUT2D eigenvalue weighted by Gasteiger charge is 2.05. The van der Waals surface area contributed by atoms with E-state index in [9.17, 15) is 0 Å². The Bertz CT molecular complexity index is 485. The molecule has 0 amide bonds. The van der Waals surface area contributed by atoms with Crippen molar-refractivity contribution in [2.24, 2.45) is 0 Å². The van der Waals surface area contributed by atoms with Gasteiger partial charge in [0.15, 0.2) is 0 Å². The molecule has 0 unspecified atom stereocenters. The van der Waals surface area contributed by atoms with Crippen LogP contribution >= 0.6 is 11.3 Å². The number of imidazole rings is 1. The molecule has 2 heterocycles. The zero-order chi connectivity index (χ0) is 13.0. The molecule has 4 heteroatoms. The first-order chi connectivity index (χ1) is 8.65. The summed E-state index contributed by atoms with van der Waals surface area (Å²) in [5.41, 5.74) is 1.14. The number of nitrogens with zero attached hydrogens (tertiary/aromatic N) is 1. The Morgan fingerprint density at radius 1 is 1.39 bits per heavy atom. The van der Waals surface area contributed by atoms with Gasteiger partial charge in [-0.3, -0.25) is 0 Å². The summed E-state index contributed by atoms with van der Waals surface area (Å²) in [5.74, 6) is 1.08. The van der Waals surface area contributed by atoms with Gasteiger partial charge >= 0.3 is 0 Å². The highest BCUT2D eigenvalue weighted by molar-refractivity contribution is 7.15. The second-order valence-electron chi connectivity index (χ2n) is 4.87. The molecular weight excluding hydrogens is 242 g/mol. The molecule has 98 valence electrons. The largest absolute Gasteiger partial charge is 0.341 e. The Morgan fingerprint density at radius 2 is 2.22 bits per heavy atom. The first-order valence-corrected chi connectivity index (χ1v) is 7.31. The van der Waals surface area contributed by atoms with Crippen LogP contribution in [0.15, 0.2) is 18.3 Å². The van der Waals surface area contributed by atoms with Gasteiger partial charge in [0.25, 0.3) is 0 Å². The van der Waals surface area contributed by atoms with E-state index in [1.807, 2.05) is 6.20 Å². The Labute approximate surface area is 113 Å². The summed E-state index contributed by atoms with van der Waals surface area (Å²) in [6.45, 7) is 7.52. The monoisotopic (exact) mass is 263 g/mol. The zero-order valence-corrected chi connectivity index (χ0v) is 12.1. The fourth-order valence-corrected chi connectivity index (χ4v) is 2.67. The van der Waals surface area contributed by atoms with Crippen molar-refractivity contribution in [1.82, 2.24) is 15.3 Å². The molecule has 0 fully saturated rings. The minimum atomic E-state index is 0.561. The highest BCUT2D eigenvalue weighted by Crippen LogP contribution is 2.25. The average molecular weight is 263 g/mol. The van der Waals surface area contributed by atoms with Crippen LogP contribution in [0, 0.1) is 6.92 Å². The maximum atomic E-state index is 4.44. The lowest BCUT2D eigenvalue weighted by Crippen LogP contribution is -2.24. The number of hydrogen-bond donors (Lipinski definition) is 2. The summed E-state index contributed by atoms with van der Waals surface area (Å²) in [5, 5.41) is 3.42. The van der Waals surface area contributed by atoms with E-state index in [-0.39, 0.29) is 0 Å². The molecule has 0 spiro atoms. The van der Waals surface area contributed by atoms with Gasteiger partial charge in [-0.25, -0.2) is 4.98 Å². The molecule has 0 atom stereocenters. The summed E-state index contributed by atoms with van der Waals surface area (Å²) >= 11 is 1.80. The van der Waals surface area contributed by atoms with Gasteiger partial charge in [0.2, 0.25) is 0 Å². The van der Waals surface area contributed by atoms with Crippen LogP contribution in [0.1, 0.15) is 31.0 Å². The molecule has 0 aliphatic carbocycles. The van der Waals surface area contributed by atoms with Gasteiger partial charge < -0.3 is 10.3 Å². The summed E-state index contributed by atoms with van der Waals surface area (Å²) in [6.07, 6.45) is 4.06. The van der Waals surface area contributed by atoms with Crippen molar-refractivity contribution in [1.29, 1.82) is 0 Å². The quantitative estimate of drug-likeness (QED) is 0.784. The van der Waals surface area contributed by atoms with Crippen molar-refractivity contribution >= 4 is 11.3 Å². The second-order valence-corrected chi connectivity index (χ2v) is 6.15. The van der Waals surface area contributed by atoms with E-state index in [0.29, 0.717) is 6.04 Å². The number of hydrogen-bond acceptors (Lipinski definition) is 3. The maximum Gasteiger partial charge on any atom is 0.106 e. The SMILES string of the molecule is Cc1ccc(-c2cnc(CCCNC(C)C)[nH]2)s1. The van der Waals surface area contributed by atoms with Crippen molar-refractivity contribution in [3.05, 3.63) is 29.0 Å². The van der Waals surface area contributed by atoms with Gasteiger partial charge in [-0.15, -0.1) is 11.3 Å². The predicted octanol–water partition coefficient (Wildman–Crippen LogP) is 3.38. The zero-order valence-electron chi connectivity index (χ0n) is 11.3. The first-order valence-electron chi connectivity index (χ1n) is 6.49. The van der Waals surface area contributed by atoms with Crippen LogP contribution < -0.4 is 5.32 Å². The normalized spacial score (nSPS) is 11.3. The van der Waals surface area contributed by atoms with E-state index in [1.165, 1.54) is 9.75 Å². The summed E-state index contributed by atoms with van der Waals surface area (Å²) < 4.78 is 0. The minimum absolute atomic E-state index is 0.561. The van der Waals surface area contributed by atoms with Crippen LogP contribution in [0.25, 0.3) is 10.6 Å². The third-order valence-corrected chi connectivity index (χ3v) is 3.81. The Balaban J connectivity index is 1.86. The summed E-state index contributed by atoms with van der Waals surface area (Å²) in [7, 11) is 0. The number of aromatic nitrogens is 2. The first kappa shape index (κ1) is 13.3. The average Bonchev–Trinajstić information content (AvgIpc) is 2.93. The number of rotatable bonds is 6.